The van der Waals surface area contributed by atoms with E-state index in [4.69, 9.17) is 0 Å². The minimum atomic E-state index is -4.61. The van der Waals surface area contributed by atoms with Crippen LogP contribution in [0.1, 0.15) is 12.8 Å². The van der Waals surface area contributed by atoms with Crippen molar-refractivity contribution in [1.82, 2.24) is 10.6 Å². The number of alkyl carbamates (subject to hydrolysis) is 2. The number of alkyl halides is 6. The summed E-state index contributed by atoms with van der Waals surface area (Å²) in [6.07, 6.45) is -7.09. The average Bonchev–Trinajstić information content (AvgIpc) is 2.53. The van der Waals surface area contributed by atoms with Gasteiger partial charge in [-0.15, -0.1) is 0 Å². The molecule has 0 heterocycles. The summed E-state index contributed by atoms with van der Waals surface area (Å²) in [6.45, 7) is -3.28. The molecule has 0 aromatic carbocycles. The van der Waals surface area contributed by atoms with Gasteiger partial charge in [0.05, 0.1) is 0 Å². The zero-order chi connectivity index (χ0) is 19.8. The molecule has 2 unspecified atom stereocenters. The van der Waals surface area contributed by atoms with Crippen LogP contribution in [0.2, 0.25) is 0 Å². The van der Waals surface area contributed by atoms with E-state index in [1.807, 2.05) is 0 Å². The highest BCUT2D eigenvalue weighted by Crippen LogP contribution is 2.23. The van der Waals surface area contributed by atoms with Crippen molar-refractivity contribution in [2.75, 3.05) is 26.3 Å². The monoisotopic (exact) mass is 392 g/mol. The number of ether oxygens (including phenoxy) is 2. The predicted molar refractivity (Wildman–Crippen MR) is 76.2 cm³/mol. The second-order valence-corrected chi connectivity index (χ2v) is 5.67. The Labute approximate surface area is 144 Å². The van der Waals surface area contributed by atoms with Crippen molar-refractivity contribution in [2.45, 2.75) is 25.2 Å². The smallest absolute Gasteiger partial charge is 0.422 e. The molecule has 0 spiro atoms. The van der Waals surface area contributed by atoms with E-state index in [0.29, 0.717) is 12.8 Å². The number of amides is 2. The van der Waals surface area contributed by atoms with Gasteiger partial charge >= 0.3 is 24.5 Å². The SMILES string of the molecule is O=C(NCC1C=CCC(CNC(=O)OCC(F)(F)F)C1)OCC(F)(F)F. The Bertz CT molecular complexity index is 507. The summed E-state index contributed by atoms with van der Waals surface area (Å²) in [5, 5.41) is 4.41. The zero-order valence-corrected chi connectivity index (χ0v) is 13.5. The lowest BCUT2D eigenvalue weighted by atomic mass is 9.86. The largest absolute Gasteiger partial charge is 0.440 e. The summed E-state index contributed by atoms with van der Waals surface area (Å²) in [5.41, 5.74) is 0. The fraction of sp³-hybridized carbons (Fsp3) is 0.714. The Morgan fingerprint density at radius 3 is 1.92 bits per heavy atom. The molecule has 0 radical (unpaired) electrons. The molecule has 0 aromatic heterocycles. The van der Waals surface area contributed by atoms with Crippen molar-refractivity contribution < 1.29 is 45.4 Å². The highest BCUT2D eigenvalue weighted by Gasteiger charge is 2.30. The van der Waals surface area contributed by atoms with Gasteiger partial charge < -0.3 is 20.1 Å². The quantitative estimate of drug-likeness (QED) is 0.538. The summed E-state index contributed by atoms with van der Waals surface area (Å²) in [4.78, 5) is 22.3. The van der Waals surface area contributed by atoms with E-state index < -0.39 is 37.8 Å². The number of carbonyl (C=O) groups is 2. The molecule has 1 aliphatic rings. The van der Waals surface area contributed by atoms with Crippen molar-refractivity contribution in [3.05, 3.63) is 12.2 Å². The van der Waals surface area contributed by atoms with Gasteiger partial charge in [0.2, 0.25) is 0 Å². The lowest BCUT2D eigenvalue weighted by molar-refractivity contribution is -0.160. The number of carbonyl (C=O) groups excluding carboxylic acids is 2. The summed E-state index contributed by atoms with van der Waals surface area (Å²) >= 11 is 0. The van der Waals surface area contributed by atoms with E-state index in [9.17, 15) is 35.9 Å². The third kappa shape index (κ3) is 10.7. The van der Waals surface area contributed by atoms with Crippen LogP contribution in [0.3, 0.4) is 0 Å². The van der Waals surface area contributed by atoms with Gasteiger partial charge in [-0.25, -0.2) is 9.59 Å². The molecule has 0 bridgehead atoms. The van der Waals surface area contributed by atoms with Crippen molar-refractivity contribution in [1.29, 1.82) is 0 Å². The van der Waals surface area contributed by atoms with Crippen LogP contribution in [-0.2, 0) is 9.47 Å². The molecule has 150 valence electrons. The standard InChI is InChI=1S/C14H18F6N2O4/c15-13(16,17)7-25-11(23)21-5-9-2-1-3-10(4-9)6-22-12(24)26-8-14(18,19)20/h1-2,9-10H,3-8H2,(H,21,23)(H,22,24). The molecule has 2 N–H and O–H groups in total. The normalized spacial score (nSPS) is 20.4. The molecule has 0 saturated heterocycles. The number of hydrogen-bond acceptors (Lipinski definition) is 4. The van der Waals surface area contributed by atoms with Crippen LogP contribution in [-0.4, -0.2) is 50.8 Å². The molecule has 6 nitrogen and oxygen atoms in total. The summed E-state index contributed by atoms with van der Waals surface area (Å²) in [6, 6.07) is 0. The Hall–Kier alpha value is -2.14. The summed E-state index contributed by atoms with van der Waals surface area (Å²) < 4.78 is 79.5. The van der Waals surface area contributed by atoms with E-state index in [0.717, 1.165) is 0 Å². The number of nitrogens with one attached hydrogen (secondary N) is 2. The van der Waals surface area contributed by atoms with Crippen molar-refractivity contribution in [3.8, 4) is 0 Å². The molecule has 26 heavy (non-hydrogen) atoms. The van der Waals surface area contributed by atoms with Crippen LogP contribution in [0, 0.1) is 11.8 Å². The fourth-order valence-electron chi connectivity index (χ4n) is 2.22. The molecule has 0 fully saturated rings. The van der Waals surface area contributed by atoms with Gasteiger partial charge in [-0.3, -0.25) is 0 Å². The number of hydrogen-bond donors (Lipinski definition) is 2. The topological polar surface area (TPSA) is 76.7 Å². The van der Waals surface area contributed by atoms with E-state index in [1.54, 1.807) is 12.2 Å². The molecular formula is C14H18F6N2O4. The molecule has 1 rings (SSSR count). The maximum Gasteiger partial charge on any atom is 0.422 e. The average molecular weight is 392 g/mol. The Morgan fingerprint density at radius 2 is 1.42 bits per heavy atom. The molecule has 2 atom stereocenters. The first-order chi connectivity index (χ1) is 11.9. The number of rotatable bonds is 6. The summed E-state index contributed by atoms with van der Waals surface area (Å²) in [7, 11) is 0. The second-order valence-electron chi connectivity index (χ2n) is 5.67. The maximum absolute atomic E-state index is 11.9. The molecule has 2 amide bonds. The lowest BCUT2D eigenvalue weighted by Crippen LogP contribution is -2.36. The van der Waals surface area contributed by atoms with Crippen molar-refractivity contribution in [3.63, 3.8) is 0 Å². The number of allylic oxidation sites excluding steroid dienone is 1. The maximum atomic E-state index is 11.9. The third-order valence-corrected chi connectivity index (χ3v) is 3.29. The van der Waals surface area contributed by atoms with Gasteiger partial charge in [0.1, 0.15) is 0 Å². The molecule has 0 aliphatic heterocycles. The Balaban J connectivity index is 2.25. The van der Waals surface area contributed by atoms with Crippen LogP contribution >= 0.6 is 0 Å². The van der Waals surface area contributed by atoms with Gasteiger partial charge in [0, 0.05) is 13.1 Å². The first-order valence-corrected chi connectivity index (χ1v) is 7.56. The van der Waals surface area contributed by atoms with Gasteiger partial charge in [-0.1, -0.05) is 12.2 Å². The highest BCUT2D eigenvalue weighted by atomic mass is 19.4. The van der Waals surface area contributed by atoms with Gasteiger partial charge in [-0.2, -0.15) is 26.3 Å². The van der Waals surface area contributed by atoms with Crippen LogP contribution in [0.5, 0.6) is 0 Å². The molecular weight excluding hydrogens is 374 g/mol. The first-order valence-electron chi connectivity index (χ1n) is 7.56. The van der Waals surface area contributed by atoms with Crippen LogP contribution in [0.15, 0.2) is 12.2 Å². The van der Waals surface area contributed by atoms with Crippen LogP contribution in [0.25, 0.3) is 0 Å². The molecule has 0 saturated carbocycles. The van der Waals surface area contributed by atoms with Gasteiger partial charge in [0.25, 0.3) is 0 Å². The van der Waals surface area contributed by atoms with Crippen molar-refractivity contribution >= 4 is 12.2 Å². The third-order valence-electron chi connectivity index (χ3n) is 3.29. The Kier molecular flexibility index (Phi) is 8.03. The summed E-state index contributed by atoms with van der Waals surface area (Å²) in [5.74, 6) is -0.323. The van der Waals surface area contributed by atoms with Gasteiger partial charge in [-0.05, 0) is 24.7 Å². The predicted octanol–water partition coefficient (Wildman–Crippen LogP) is 3.15. The first kappa shape index (κ1) is 21.9. The van der Waals surface area contributed by atoms with Crippen molar-refractivity contribution in [2.24, 2.45) is 11.8 Å². The fourth-order valence-corrected chi connectivity index (χ4v) is 2.22. The zero-order valence-electron chi connectivity index (χ0n) is 13.5. The van der Waals surface area contributed by atoms with E-state index in [1.165, 1.54) is 0 Å². The highest BCUT2D eigenvalue weighted by molar-refractivity contribution is 5.67. The minimum Gasteiger partial charge on any atom is -0.440 e. The van der Waals surface area contributed by atoms with Gasteiger partial charge in [0.15, 0.2) is 13.2 Å². The molecule has 12 heteroatoms. The molecule has 1 aliphatic carbocycles. The van der Waals surface area contributed by atoms with E-state index in [-0.39, 0.29) is 24.9 Å². The van der Waals surface area contributed by atoms with Crippen LogP contribution < -0.4 is 10.6 Å². The van der Waals surface area contributed by atoms with Crippen LogP contribution in [0.4, 0.5) is 35.9 Å². The number of halogens is 6. The van der Waals surface area contributed by atoms with E-state index >= 15 is 0 Å². The Morgan fingerprint density at radius 1 is 0.923 bits per heavy atom. The second kappa shape index (κ2) is 9.53. The van der Waals surface area contributed by atoms with E-state index in [2.05, 4.69) is 20.1 Å². The molecule has 0 aromatic rings. The lowest BCUT2D eigenvalue weighted by Gasteiger charge is -2.25. The minimum absolute atomic E-state index is 0.0300.